The summed E-state index contributed by atoms with van der Waals surface area (Å²) in [4.78, 5) is 27.1. The van der Waals surface area contributed by atoms with Crippen molar-refractivity contribution < 1.29 is 4.79 Å². The molecule has 3 aromatic rings. The average Bonchev–Trinajstić information content (AvgIpc) is 2.96. The maximum atomic E-state index is 12.3. The molecule has 1 amide bonds. The Balaban J connectivity index is 0.00000192. The van der Waals surface area contributed by atoms with E-state index in [2.05, 4.69) is 20.7 Å². The Bertz CT molecular complexity index is 902. The number of nitrogens with zero attached hydrogens (tertiary/aromatic N) is 2. The van der Waals surface area contributed by atoms with Gasteiger partial charge in [-0.3, -0.25) is 9.59 Å². The largest absolute Gasteiger partial charge is 0.350 e. The quantitative estimate of drug-likeness (QED) is 0.661. The van der Waals surface area contributed by atoms with Crippen molar-refractivity contribution in [2.75, 3.05) is 13.6 Å². The summed E-state index contributed by atoms with van der Waals surface area (Å²) in [5, 5.41) is 10.6. The van der Waals surface area contributed by atoms with E-state index in [0.29, 0.717) is 28.7 Å². The van der Waals surface area contributed by atoms with Crippen molar-refractivity contribution in [3.05, 3.63) is 46.4 Å². The fraction of sp³-hybridized carbons (Fsp3) is 0.267. The van der Waals surface area contributed by atoms with Crippen molar-refractivity contribution >= 4 is 34.9 Å². The number of carbonyl (C=O) groups excluding carboxylic acids is 1. The van der Waals surface area contributed by atoms with Crippen molar-refractivity contribution in [2.24, 2.45) is 0 Å². The minimum absolute atomic E-state index is 0. The molecule has 0 radical (unpaired) electrons. The standard InChI is InChI=1S/C15H17N5O2.ClH/c1-9(16-2)7-17-14(21)11-8-18-20-12-6-4-3-5-10(12)15(22)19-13(11)20;/h3-6,8-9,16H,7H2,1-2H3,(H,17,21)(H,19,22);1H. The highest BCUT2D eigenvalue weighted by Gasteiger charge is 2.16. The number of benzene rings is 1. The summed E-state index contributed by atoms with van der Waals surface area (Å²) >= 11 is 0. The third kappa shape index (κ3) is 3.06. The van der Waals surface area contributed by atoms with E-state index >= 15 is 0 Å². The first kappa shape index (κ1) is 17.0. The normalized spacial score (nSPS) is 12.1. The van der Waals surface area contributed by atoms with Crippen LogP contribution in [0.3, 0.4) is 0 Å². The lowest BCUT2D eigenvalue weighted by Gasteiger charge is -2.10. The van der Waals surface area contributed by atoms with E-state index in [1.165, 1.54) is 6.20 Å². The number of likely N-dealkylation sites (N-methyl/N-ethyl adjacent to an activating group) is 1. The lowest BCUT2D eigenvalue weighted by Crippen LogP contribution is -2.37. The molecule has 1 unspecified atom stereocenters. The second-order valence-corrected chi connectivity index (χ2v) is 5.19. The molecule has 0 fully saturated rings. The van der Waals surface area contributed by atoms with Crippen molar-refractivity contribution in [2.45, 2.75) is 13.0 Å². The van der Waals surface area contributed by atoms with Crippen LogP contribution in [0.15, 0.2) is 35.3 Å². The molecular weight excluding hydrogens is 318 g/mol. The van der Waals surface area contributed by atoms with Crippen LogP contribution < -0.4 is 16.2 Å². The molecule has 0 aliphatic heterocycles. The minimum Gasteiger partial charge on any atom is -0.350 e. The number of hydrogen-bond donors (Lipinski definition) is 3. The van der Waals surface area contributed by atoms with Crippen LogP contribution >= 0.6 is 12.4 Å². The highest BCUT2D eigenvalue weighted by molar-refractivity contribution is 6.00. The molecule has 8 heteroatoms. The first-order valence-corrected chi connectivity index (χ1v) is 7.06. The monoisotopic (exact) mass is 335 g/mol. The highest BCUT2D eigenvalue weighted by atomic mass is 35.5. The van der Waals surface area contributed by atoms with Gasteiger partial charge in [-0.1, -0.05) is 12.1 Å². The third-order valence-corrected chi connectivity index (χ3v) is 3.68. The fourth-order valence-electron chi connectivity index (χ4n) is 2.29. The smallest absolute Gasteiger partial charge is 0.259 e. The van der Waals surface area contributed by atoms with E-state index in [1.54, 1.807) is 22.7 Å². The molecule has 2 heterocycles. The summed E-state index contributed by atoms with van der Waals surface area (Å²) in [6.07, 6.45) is 1.47. The third-order valence-electron chi connectivity index (χ3n) is 3.68. The van der Waals surface area contributed by atoms with E-state index in [0.717, 1.165) is 0 Å². The Morgan fingerprint density at radius 3 is 2.87 bits per heavy atom. The topological polar surface area (TPSA) is 91.3 Å². The van der Waals surface area contributed by atoms with Crippen LogP contribution in [0.1, 0.15) is 17.3 Å². The van der Waals surface area contributed by atoms with E-state index in [-0.39, 0.29) is 29.9 Å². The van der Waals surface area contributed by atoms with E-state index in [4.69, 9.17) is 0 Å². The molecule has 1 atom stereocenters. The summed E-state index contributed by atoms with van der Waals surface area (Å²) in [5.74, 6) is -0.261. The minimum atomic E-state index is -0.261. The van der Waals surface area contributed by atoms with Gasteiger partial charge in [-0.2, -0.15) is 5.10 Å². The number of carbonyl (C=O) groups is 1. The number of aromatic amines is 1. The molecule has 122 valence electrons. The summed E-state index contributed by atoms with van der Waals surface area (Å²) in [5.41, 5.74) is 1.19. The molecule has 0 saturated carbocycles. The Morgan fingerprint density at radius 2 is 2.13 bits per heavy atom. The molecular formula is C15H18ClN5O2. The Hall–Kier alpha value is -2.38. The molecule has 23 heavy (non-hydrogen) atoms. The predicted molar refractivity (Wildman–Crippen MR) is 91.4 cm³/mol. The number of rotatable bonds is 4. The van der Waals surface area contributed by atoms with Gasteiger partial charge in [0, 0.05) is 12.6 Å². The average molecular weight is 336 g/mol. The lowest BCUT2D eigenvalue weighted by atomic mass is 10.2. The van der Waals surface area contributed by atoms with E-state index < -0.39 is 0 Å². The maximum Gasteiger partial charge on any atom is 0.259 e. The highest BCUT2D eigenvalue weighted by Crippen LogP contribution is 2.13. The van der Waals surface area contributed by atoms with Gasteiger partial charge in [0.1, 0.15) is 11.2 Å². The van der Waals surface area contributed by atoms with Gasteiger partial charge < -0.3 is 15.6 Å². The molecule has 0 aliphatic rings. The fourth-order valence-corrected chi connectivity index (χ4v) is 2.29. The number of para-hydroxylation sites is 1. The van der Waals surface area contributed by atoms with Crippen molar-refractivity contribution in [1.29, 1.82) is 0 Å². The first-order valence-electron chi connectivity index (χ1n) is 7.06. The van der Waals surface area contributed by atoms with Crippen LogP contribution in [0.4, 0.5) is 0 Å². The number of aromatic nitrogens is 3. The summed E-state index contributed by atoms with van der Waals surface area (Å²) in [6.45, 7) is 2.45. The zero-order chi connectivity index (χ0) is 15.7. The molecule has 2 aromatic heterocycles. The van der Waals surface area contributed by atoms with Gasteiger partial charge in [-0.05, 0) is 26.1 Å². The van der Waals surface area contributed by atoms with Crippen LogP contribution in [-0.4, -0.2) is 40.1 Å². The molecule has 0 spiro atoms. The van der Waals surface area contributed by atoms with E-state index in [9.17, 15) is 9.59 Å². The zero-order valence-corrected chi connectivity index (χ0v) is 13.6. The second-order valence-electron chi connectivity index (χ2n) is 5.19. The summed E-state index contributed by atoms with van der Waals surface area (Å²) in [7, 11) is 1.83. The van der Waals surface area contributed by atoms with Crippen LogP contribution in [0.2, 0.25) is 0 Å². The van der Waals surface area contributed by atoms with Crippen LogP contribution in [0.25, 0.3) is 16.6 Å². The Morgan fingerprint density at radius 1 is 1.39 bits per heavy atom. The molecule has 0 aliphatic carbocycles. The van der Waals surface area contributed by atoms with Gasteiger partial charge in [0.2, 0.25) is 0 Å². The van der Waals surface area contributed by atoms with Gasteiger partial charge >= 0.3 is 0 Å². The predicted octanol–water partition coefficient (Wildman–Crippen LogP) is 0.935. The van der Waals surface area contributed by atoms with Gasteiger partial charge in [0.15, 0.2) is 0 Å². The molecule has 1 aromatic carbocycles. The van der Waals surface area contributed by atoms with Gasteiger partial charge in [-0.15, -0.1) is 12.4 Å². The molecule has 0 bridgehead atoms. The maximum absolute atomic E-state index is 12.3. The Labute approximate surface area is 138 Å². The number of nitrogens with one attached hydrogen (secondary N) is 3. The van der Waals surface area contributed by atoms with Gasteiger partial charge in [0.25, 0.3) is 11.5 Å². The second kappa shape index (κ2) is 6.80. The zero-order valence-electron chi connectivity index (χ0n) is 12.8. The van der Waals surface area contributed by atoms with Crippen molar-refractivity contribution in [3.63, 3.8) is 0 Å². The van der Waals surface area contributed by atoms with Gasteiger partial charge in [0.05, 0.1) is 17.1 Å². The molecule has 7 nitrogen and oxygen atoms in total. The number of amides is 1. The molecule has 0 saturated heterocycles. The molecule has 3 N–H and O–H groups in total. The number of fused-ring (bicyclic) bond motifs is 3. The number of hydrogen-bond acceptors (Lipinski definition) is 4. The van der Waals surface area contributed by atoms with Crippen molar-refractivity contribution in [3.8, 4) is 0 Å². The van der Waals surface area contributed by atoms with Crippen LogP contribution in [0, 0.1) is 0 Å². The summed E-state index contributed by atoms with van der Waals surface area (Å²) < 4.78 is 1.58. The van der Waals surface area contributed by atoms with Crippen LogP contribution in [-0.2, 0) is 0 Å². The number of H-pyrrole nitrogens is 1. The van der Waals surface area contributed by atoms with E-state index in [1.807, 2.05) is 20.0 Å². The number of halogens is 1. The van der Waals surface area contributed by atoms with Crippen LogP contribution in [0.5, 0.6) is 0 Å². The lowest BCUT2D eigenvalue weighted by molar-refractivity contribution is 0.0952. The Kier molecular flexibility index (Phi) is 5.02. The van der Waals surface area contributed by atoms with Gasteiger partial charge in [-0.25, -0.2) is 4.52 Å². The first-order chi connectivity index (χ1) is 10.6. The molecule has 3 rings (SSSR count). The SMILES string of the molecule is CNC(C)CNC(=O)c1cnn2c1[nH]c(=O)c1ccccc12.Cl. The summed E-state index contributed by atoms with van der Waals surface area (Å²) in [6, 6.07) is 7.31. The van der Waals surface area contributed by atoms with Crippen molar-refractivity contribution in [1.82, 2.24) is 25.2 Å².